The molecule has 0 radical (unpaired) electrons. The number of carbonyl (C=O) groups excluding carboxylic acids is 1. The molecule has 0 aliphatic rings. The molecule has 2 heterocycles. The van der Waals surface area contributed by atoms with Crippen molar-refractivity contribution >= 4 is 23.1 Å². The molecule has 190 valence electrons. The smallest absolute Gasteiger partial charge is 0.307 e. The summed E-state index contributed by atoms with van der Waals surface area (Å²) in [6.45, 7) is 0.492. The number of hydrazone groups is 1. The number of nitrogens with zero attached hydrogens (tertiary/aromatic N) is 3. The lowest BCUT2D eigenvalue weighted by atomic mass is 10.1. The SMILES string of the molecule is O=C(NN=Cc1cn(-c2ccccc2)nc1-c1ccc(OCc2ccccc2)cc1)c1cc2ccccc2o1. The van der Waals surface area contributed by atoms with Crippen molar-refractivity contribution in [1.29, 1.82) is 0 Å². The second-order valence-electron chi connectivity index (χ2n) is 8.86. The third-order valence-electron chi connectivity index (χ3n) is 6.16. The maximum absolute atomic E-state index is 12.6. The van der Waals surface area contributed by atoms with Gasteiger partial charge in [-0.2, -0.15) is 10.2 Å². The number of ether oxygens (including phenoxy) is 1. The fourth-order valence-electron chi connectivity index (χ4n) is 4.18. The molecule has 7 nitrogen and oxygen atoms in total. The normalized spacial score (nSPS) is 11.2. The molecule has 0 aliphatic carbocycles. The van der Waals surface area contributed by atoms with Crippen molar-refractivity contribution in [2.45, 2.75) is 6.61 Å². The van der Waals surface area contributed by atoms with Gasteiger partial charge in [0.25, 0.3) is 0 Å². The molecule has 1 N–H and O–H groups in total. The quantitative estimate of drug-likeness (QED) is 0.183. The molecule has 0 bridgehead atoms. The molecule has 0 saturated heterocycles. The summed E-state index contributed by atoms with van der Waals surface area (Å²) in [5.41, 5.74) is 7.56. The van der Waals surface area contributed by atoms with Crippen LogP contribution in [0.25, 0.3) is 27.9 Å². The summed E-state index contributed by atoms with van der Waals surface area (Å²) in [5, 5.41) is 9.87. The van der Waals surface area contributed by atoms with Crippen LogP contribution < -0.4 is 10.2 Å². The lowest BCUT2D eigenvalue weighted by Crippen LogP contribution is -2.16. The molecule has 2 aromatic heterocycles. The van der Waals surface area contributed by atoms with E-state index < -0.39 is 5.91 Å². The first-order chi connectivity index (χ1) is 19.2. The molecule has 7 heteroatoms. The van der Waals surface area contributed by atoms with E-state index in [9.17, 15) is 4.79 Å². The number of carbonyl (C=O) groups is 1. The van der Waals surface area contributed by atoms with E-state index >= 15 is 0 Å². The molecular weight excluding hydrogens is 488 g/mol. The van der Waals surface area contributed by atoms with E-state index in [1.807, 2.05) is 115 Å². The van der Waals surface area contributed by atoms with Crippen molar-refractivity contribution in [3.05, 3.63) is 138 Å². The molecule has 6 rings (SSSR count). The number of rotatable bonds is 8. The van der Waals surface area contributed by atoms with Gasteiger partial charge in [0.2, 0.25) is 0 Å². The van der Waals surface area contributed by atoms with Crippen LogP contribution in [-0.2, 0) is 6.61 Å². The maximum Gasteiger partial charge on any atom is 0.307 e. The summed E-state index contributed by atoms with van der Waals surface area (Å²) in [5.74, 6) is 0.525. The van der Waals surface area contributed by atoms with Crippen LogP contribution in [0.1, 0.15) is 21.7 Å². The Morgan fingerprint density at radius 3 is 2.38 bits per heavy atom. The highest BCUT2D eigenvalue weighted by Crippen LogP contribution is 2.26. The van der Waals surface area contributed by atoms with Gasteiger partial charge in [-0.25, -0.2) is 10.1 Å². The zero-order valence-electron chi connectivity index (χ0n) is 20.9. The summed E-state index contributed by atoms with van der Waals surface area (Å²) in [6.07, 6.45) is 3.46. The van der Waals surface area contributed by atoms with Crippen LogP contribution in [0.3, 0.4) is 0 Å². The van der Waals surface area contributed by atoms with Gasteiger partial charge < -0.3 is 9.15 Å². The van der Waals surface area contributed by atoms with Crippen molar-refractivity contribution in [1.82, 2.24) is 15.2 Å². The van der Waals surface area contributed by atoms with E-state index in [1.54, 1.807) is 17.0 Å². The Morgan fingerprint density at radius 1 is 0.897 bits per heavy atom. The zero-order chi connectivity index (χ0) is 26.4. The third kappa shape index (κ3) is 5.47. The minimum Gasteiger partial charge on any atom is -0.489 e. The van der Waals surface area contributed by atoms with E-state index in [-0.39, 0.29) is 5.76 Å². The summed E-state index contributed by atoms with van der Waals surface area (Å²) in [7, 11) is 0. The van der Waals surface area contributed by atoms with Gasteiger partial charge in [0, 0.05) is 22.7 Å². The molecule has 0 aliphatic heterocycles. The molecule has 0 atom stereocenters. The van der Waals surface area contributed by atoms with Crippen LogP contribution in [-0.4, -0.2) is 21.9 Å². The Morgan fingerprint density at radius 2 is 1.62 bits per heavy atom. The van der Waals surface area contributed by atoms with E-state index in [0.717, 1.165) is 39.2 Å². The van der Waals surface area contributed by atoms with Crippen LogP contribution in [0.5, 0.6) is 5.75 Å². The van der Waals surface area contributed by atoms with E-state index in [4.69, 9.17) is 14.3 Å². The highest BCUT2D eigenvalue weighted by Gasteiger charge is 2.14. The Labute approximate surface area is 225 Å². The number of fused-ring (bicyclic) bond motifs is 1. The van der Waals surface area contributed by atoms with Crippen LogP contribution in [0, 0.1) is 0 Å². The van der Waals surface area contributed by atoms with Crippen molar-refractivity contribution in [3.63, 3.8) is 0 Å². The molecule has 4 aromatic carbocycles. The number of hydrogen-bond acceptors (Lipinski definition) is 5. The van der Waals surface area contributed by atoms with E-state index in [2.05, 4.69) is 10.5 Å². The van der Waals surface area contributed by atoms with Gasteiger partial charge in [-0.15, -0.1) is 0 Å². The molecule has 0 unspecified atom stereocenters. The van der Waals surface area contributed by atoms with Gasteiger partial charge in [0.05, 0.1) is 11.9 Å². The molecule has 0 spiro atoms. The first-order valence-electron chi connectivity index (χ1n) is 12.5. The number of para-hydroxylation sites is 2. The average Bonchev–Trinajstić information content (AvgIpc) is 3.62. The van der Waals surface area contributed by atoms with Crippen LogP contribution >= 0.6 is 0 Å². The second-order valence-corrected chi connectivity index (χ2v) is 8.86. The van der Waals surface area contributed by atoms with Crippen molar-refractivity contribution in [2.24, 2.45) is 5.10 Å². The topological polar surface area (TPSA) is 81.7 Å². The average molecular weight is 513 g/mol. The van der Waals surface area contributed by atoms with Gasteiger partial charge in [-0.3, -0.25) is 4.79 Å². The van der Waals surface area contributed by atoms with Gasteiger partial charge in [0.1, 0.15) is 23.6 Å². The van der Waals surface area contributed by atoms with Crippen LogP contribution in [0.15, 0.2) is 131 Å². The van der Waals surface area contributed by atoms with Crippen LogP contribution in [0.2, 0.25) is 0 Å². The van der Waals surface area contributed by atoms with Gasteiger partial charge >= 0.3 is 5.91 Å². The number of aromatic nitrogens is 2. The molecule has 0 fully saturated rings. The first-order valence-corrected chi connectivity index (χ1v) is 12.5. The summed E-state index contributed by atoms with van der Waals surface area (Å²) in [6, 6.07) is 36.8. The fourth-order valence-corrected chi connectivity index (χ4v) is 4.18. The first kappa shape index (κ1) is 23.9. The minimum absolute atomic E-state index is 0.194. The Balaban J connectivity index is 1.23. The summed E-state index contributed by atoms with van der Waals surface area (Å²) >= 11 is 0. The number of amides is 1. The van der Waals surface area contributed by atoms with Crippen molar-refractivity contribution < 1.29 is 13.9 Å². The minimum atomic E-state index is -0.431. The summed E-state index contributed by atoms with van der Waals surface area (Å²) in [4.78, 5) is 12.6. The van der Waals surface area contributed by atoms with E-state index in [0.29, 0.717) is 12.2 Å². The highest BCUT2D eigenvalue weighted by molar-refractivity contribution is 5.97. The maximum atomic E-state index is 12.6. The standard InChI is InChI=1S/C32H24N4O3/c37-32(30-19-25-11-7-8-14-29(25)39-30)34-33-20-26-21-36(27-12-5-2-6-13-27)35-31(26)24-15-17-28(18-16-24)38-22-23-9-3-1-4-10-23/h1-21H,22H2,(H,34,37). The monoisotopic (exact) mass is 512 g/mol. The van der Waals surface area contributed by atoms with Crippen molar-refractivity contribution in [3.8, 4) is 22.7 Å². The van der Waals surface area contributed by atoms with E-state index in [1.165, 1.54) is 0 Å². The number of benzene rings is 4. The molecule has 1 amide bonds. The highest BCUT2D eigenvalue weighted by atomic mass is 16.5. The molecular formula is C32H24N4O3. The molecule has 6 aromatic rings. The predicted octanol–water partition coefficient (Wildman–Crippen LogP) is 6.63. The Hall–Kier alpha value is -5.43. The third-order valence-corrected chi connectivity index (χ3v) is 6.16. The van der Waals surface area contributed by atoms with Crippen molar-refractivity contribution in [2.75, 3.05) is 0 Å². The van der Waals surface area contributed by atoms with Crippen LogP contribution in [0.4, 0.5) is 0 Å². The molecule has 0 saturated carbocycles. The number of furan rings is 1. The van der Waals surface area contributed by atoms with Gasteiger partial charge in [-0.05, 0) is 54.1 Å². The largest absolute Gasteiger partial charge is 0.489 e. The second kappa shape index (κ2) is 10.9. The fraction of sp³-hybridized carbons (Fsp3) is 0.0312. The van der Waals surface area contributed by atoms with Gasteiger partial charge in [0.15, 0.2) is 5.76 Å². The summed E-state index contributed by atoms with van der Waals surface area (Å²) < 4.78 is 13.4. The zero-order valence-corrected chi connectivity index (χ0v) is 20.9. The number of hydrogen-bond donors (Lipinski definition) is 1. The molecule has 39 heavy (non-hydrogen) atoms. The Bertz CT molecular complexity index is 1700. The lowest BCUT2D eigenvalue weighted by Gasteiger charge is -2.07. The van der Waals surface area contributed by atoms with Gasteiger partial charge in [-0.1, -0.05) is 66.7 Å². The predicted molar refractivity (Wildman–Crippen MR) is 151 cm³/mol. The Kier molecular flexibility index (Phi) is 6.69. The number of nitrogens with one attached hydrogen (secondary N) is 1. The lowest BCUT2D eigenvalue weighted by molar-refractivity contribution is 0.0929.